The first-order valence-corrected chi connectivity index (χ1v) is 5.40. The van der Waals surface area contributed by atoms with Gasteiger partial charge in [0.05, 0.1) is 11.1 Å². The van der Waals surface area contributed by atoms with Crippen molar-refractivity contribution in [2.24, 2.45) is 0 Å². The van der Waals surface area contributed by atoms with Gasteiger partial charge in [0, 0.05) is 18.1 Å². The summed E-state index contributed by atoms with van der Waals surface area (Å²) in [4.78, 5) is 14.7. The summed E-state index contributed by atoms with van der Waals surface area (Å²) in [5, 5.41) is 12.1. The molecule has 0 saturated heterocycles. The first kappa shape index (κ1) is 12.5. The number of aliphatic hydroxyl groups excluding tert-OH is 1. The lowest BCUT2D eigenvalue weighted by Gasteiger charge is -2.11. The zero-order chi connectivity index (χ0) is 13.1. The van der Waals surface area contributed by atoms with Crippen LogP contribution in [0.4, 0.5) is 8.78 Å². The van der Waals surface area contributed by atoms with Gasteiger partial charge in [0.15, 0.2) is 0 Å². The Bertz CT molecular complexity index is 554. The second kappa shape index (κ2) is 5.14. The van der Waals surface area contributed by atoms with Gasteiger partial charge in [0.25, 0.3) is 12.3 Å². The maximum absolute atomic E-state index is 12.1. The van der Waals surface area contributed by atoms with Crippen molar-refractivity contribution in [2.75, 3.05) is 6.54 Å². The molecule has 0 radical (unpaired) electrons. The van der Waals surface area contributed by atoms with Crippen LogP contribution in [-0.4, -0.2) is 35.1 Å². The fourth-order valence-corrected chi connectivity index (χ4v) is 1.66. The summed E-state index contributed by atoms with van der Waals surface area (Å²) in [5.41, 5.74) is 1.00. The van der Waals surface area contributed by atoms with Gasteiger partial charge in [-0.15, -0.1) is 0 Å². The molecule has 2 rings (SSSR count). The van der Waals surface area contributed by atoms with E-state index in [0.717, 1.165) is 5.39 Å². The van der Waals surface area contributed by atoms with E-state index in [4.69, 9.17) is 5.11 Å². The highest BCUT2D eigenvalue weighted by molar-refractivity contribution is 6.05. The summed E-state index contributed by atoms with van der Waals surface area (Å²) in [6, 6.07) is 6.92. The molecule has 1 aromatic heterocycles. The topological polar surface area (TPSA) is 65.1 Å². The van der Waals surface area contributed by atoms with Gasteiger partial charge >= 0.3 is 0 Å². The van der Waals surface area contributed by atoms with Crippen molar-refractivity contribution in [1.82, 2.24) is 10.3 Å². The highest BCUT2D eigenvalue weighted by atomic mass is 19.3. The Morgan fingerprint density at radius 2 is 2.17 bits per heavy atom. The van der Waals surface area contributed by atoms with Gasteiger partial charge in [-0.25, -0.2) is 8.78 Å². The number of amides is 1. The molecule has 2 aromatic rings. The van der Waals surface area contributed by atoms with Gasteiger partial charge in [-0.05, 0) is 12.1 Å². The van der Waals surface area contributed by atoms with Crippen LogP contribution in [0.25, 0.3) is 10.9 Å². The zero-order valence-corrected chi connectivity index (χ0v) is 9.36. The minimum Gasteiger partial charge on any atom is -0.385 e. The molecule has 0 bridgehead atoms. The van der Waals surface area contributed by atoms with Gasteiger partial charge in [-0.3, -0.25) is 4.79 Å². The van der Waals surface area contributed by atoms with Gasteiger partial charge in [-0.1, -0.05) is 12.1 Å². The molecule has 0 saturated carbocycles. The number of fused-ring (bicyclic) bond motifs is 1. The molecule has 1 atom stereocenters. The first-order chi connectivity index (χ1) is 8.59. The summed E-state index contributed by atoms with van der Waals surface area (Å²) in [6.45, 7) is -0.479. The second-order valence-corrected chi connectivity index (χ2v) is 3.86. The first-order valence-electron chi connectivity index (χ1n) is 5.40. The van der Waals surface area contributed by atoms with Crippen molar-refractivity contribution in [1.29, 1.82) is 0 Å². The second-order valence-electron chi connectivity index (χ2n) is 3.86. The van der Waals surface area contributed by atoms with E-state index in [9.17, 15) is 13.6 Å². The van der Waals surface area contributed by atoms with E-state index in [1.54, 1.807) is 24.4 Å². The Labute approximate surface area is 102 Å². The fourth-order valence-electron chi connectivity index (χ4n) is 1.66. The molecule has 1 unspecified atom stereocenters. The Balaban J connectivity index is 2.12. The minimum absolute atomic E-state index is 0.360. The monoisotopic (exact) mass is 254 g/mol. The zero-order valence-electron chi connectivity index (χ0n) is 9.36. The predicted molar refractivity (Wildman–Crippen MR) is 62.6 cm³/mol. The Morgan fingerprint density at radius 1 is 1.39 bits per heavy atom. The highest BCUT2D eigenvalue weighted by Crippen LogP contribution is 2.16. The number of nitrogens with one attached hydrogen (secondary N) is 2. The number of benzene rings is 1. The van der Waals surface area contributed by atoms with Crippen LogP contribution in [-0.2, 0) is 0 Å². The van der Waals surface area contributed by atoms with E-state index in [-0.39, 0.29) is 0 Å². The molecule has 0 aliphatic carbocycles. The van der Waals surface area contributed by atoms with Gasteiger partial charge < -0.3 is 15.4 Å². The van der Waals surface area contributed by atoms with Crippen LogP contribution in [0.2, 0.25) is 0 Å². The number of aliphatic hydroxyl groups is 1. The lowest BCUT2D eigenvalue weighted by molar-refractivity contribution is -0.00269. The van der Waals surface area contributed by atoms with Crippen LogP contribution in [0.1, 0.15) is 10.4 Å². The number of aromatic nitrogens is 1. The summed E-state index contributed by atoms with van der Waals surface area (Å²) >= 11 is 0. The average Bonchev–Trinajstić information content (AvgIpc) is 2.83. The van der Waals surface area contributed by atoms with Crippen molar-refractivity contribution >= 4 is 16.8 Å². The van der Waals surface area contributed by atoms with Crippen molar-refractivity contribution in [2.45, 2.75) is 12.5 Å². The van der Waals surface area contributed by atoms with Gasteiger partial charge in [-0.2, -0.15) is 0 Å². The van der Waals surface area contributed by atoms with E-state index >= 15 is 0 Å². The largest absolute Gasteiger partial charge is 0.385 e. The molecule has 1 aromatic carbocycles. The number of carbonyl (C=O) groups is 1. The van der Waals surface area contributed by atoms with Crippen LogP contribution >= 0.6 is 0 Å². The SMILES string of the molecule is O=C(NCC(O)C(F)F)c1cccc2cc[nH]c12. The van der Waals surface area contributed by atoms with Crippen molar-refractivity contribution in [3.8, 4) is 0 Å². The molecule has 1 amide bonds. The maximum atomic E-state index is 12.1. The molecular formula is C12H12F2N2O2. The third-order valence-electron chi connectivity index (χ3n) is 2.59. The van der Waals surface area contributed by atoms with E-state index in [2.05, 4.69) is 10.3 Å². The number of hydrogen-bond acceptors (Lipinski definition) is 2. The number of halogens is 2. The Kier molecular flexibility index (Phi) is 3.57. The third-order valence-corrected chi connectivity index (χ3v) is 2.59. The number of alkyl halides is 2. The number of H-pyrrole nitrogens is 1. The van der Waals surface area contributed by atoms with Crippen molar-refractivity contribution in [3.63, 3.8) is 0 Å². The molecule has 6 heteroatoms. The van der Waals surface area contributed by atoms with Crippen LogP contribution in [0.5, 0.6) is 0 Å². The van der Waals surface area contributed by atoms with Crippen LogP contribution < -0.4 is 5.32 Å². The number of para-hydroxylation sites is 1. The van der Waals surface area contributed by atoms with E-state index < -0.39 is 25.0 Å². The molecule has 3 N–H and O–H groups in total. The quantitative estimate of drug-likeness (QED) is 0.774. The molecule has 0 fully saturated rings. The number of carbonyl (C=O) groups excluding carboxylic acids is 1. The number of hydrogen-bond donors (Lipinski definition) is 3. The predicted octanol–water partition coefficient (Wildman–Crippen LogP) is 1.52. The molecule has 4 nitrogen and oxygen atoms in total. The summed E-state index contributed by atoms with van der Waals surface area (Å²) in [6.07, 6.45) is -3.03. The summed E-state index contributed by atoms with van der Waals surface area (Å²) in [5.74, 6) is -0.497. The van der Waals surface area contributed by atoms with Gasteiger partial charge in [0.1, 0.15) is 6.10 Å². The normalized spacial score (nSPS) is 12.9. The minimum atomic E-state index is -2.87. The Hall–Kier alpha value is -1.95. The van der Waals surface area contributed by atoms with Crippen molar-refractivity contribution < 1.29 is 18.7 Å². The molecule has 96 valence electrons. The van der Waals surface area contributed by atoms with Gasteiger partial charge in [0.2, 0.25) is 0 Å². The molecular weight excluding hydrogens is 242 g/mol. The molecule has 18 heavy (non-hydrogen) atoms. The number of rotatable bonds is 4. The average molecular weight is 254 g/mol. The highest BCUT2D eigenvalue weighted by Gasteiger charge is 2.18. The summed E-state index contributed by atoms with van der Waals surface area (Å²) in [7, 11) is 0. The maximum Gasteiger partial charge on any atom is 0.265 e. The molecule has 0 spiro atoms. The van der Waals surface area contributed by atoms with Crippen LogP contribution in [0.3, 0.4) is 0 Å². The number of aromatic amines is 1. The van der Waals surface area contributed by atoms with Crippen molar-refractivity contribution in [3.05, 3.63) is 36.0 Å². The molecule has 0 aliphatic rings. The van der Waals surface area contributed by atoms with E-state index in [0.29, 0.717) is 11.1 Å². The van der Waals surface area contributed by atoms with E-state index in [1.165, 1.54) is 0 Å². The van der Waals surface area contributed by atoms with E-state index in [1.807, 2.05) is 6.07 Å². The van der Waals surface area contributed by atoms with Crippen LogP contribution in [0, 0.1) is 0 Å². The smallest absolute Gasteiger partial charge is 0.265 e. The fraction of sp³-hybridized carbons (Fsp3) is 0.250. The lowest BCUT2D eigenvalue weighted by Crippen LogP contribution is -2.35. The third kappa shape index (κ3) is 2.48. The standard InChI is InChI=1S/C12H12F2N2O2/c13-11(14)9(17)6-16-12(18)8-3-1-2-7-4-5-15-10(7)8/h1-5,9,11,15,17H,6H2,(H,16,18). The lowest BCUT2D eigenvalue weighted by atomic mass is 10.1. The summed E-state index contributed by atoms with van der Waals surface area (Å²) < 4.78 is 24.2. The Morgan fingerprint density at radius 3 is 2.89 bits per heavy atom. The molecule has 1 heterocycles. The molecule has 0 aliphatic heterocycles. The van der Waals surface area contributed by atoms with Crippen LogP contribution in [0.15, 0.2) is 30.5 Å².